The van der Waals surface area contributed by atoms with Crippen molar-refractivity contribution in [3.63, 3.8) is 0 Å². The van der Waals surface area contributed by atoms with Crippen molar-refractivity contribution in [2.24, 2.45) is 0 Å². The van der Waals surface area contributed by atoms with Crippen LogP contribution in [0.25, 0.3) is 0 Å². The van der Waals surface area contributed by atoms with E-state index in [1.807, 2.05) is 57.2 Å². The van der Waals surface area contributed by atoms with E-state index in [1.54, 1.807) is 19.1 Å². The Kier molecular flexibility index (Phi) is 7.67. The summed E-state index contributed by atoms with van der Waals surface area (Å²) in [7, 11) is -3.63. The predicted octanol–water partition coefficient (Wildman–Crippen LogP) is 3.51. The molecule has 1 amide bonds. The van der Waals surface area contributed by atoms with Crippen LogP contribution in [0.2, 0.25) is 0 Å². The number of anilines is 1. The molecule has 1 N–H and O–H groups in total. The Labute approximate surface area is 173 Å². The Morgan fingerprint density at radius 3 is 2.28 bits per heavy atom. The molecule has 29 heavy (non-hydrogen) atoms. The molecule has 158 valence electrons. The summed E-state index contributed by atoms with van der Waals surface area (Å²) in [6.45, 7) is 7.79. The van der Waals surface area contributed by atoms with Crippen LogP contribution < -0.4 is 14.4 Å². The number of hydrogen-bond donors (Lipinski definition) is 1. The highest BCUT2D eigenvalue weighted by atomic mass is 32.2. The zero-order chi connectivity index (χ0) is 21.6. The van der Waals surface area contributed by atoms with Crippen LogP contribution in [-0.2, 0) is 27.8 Å². The molecule has 0 spiro atoms. The lowest BCUT2D eigenvalue weighted by Gasteiger charge is -2.28. The molecule has 0 aliphatic rings. The van der Waals surface area contributed by atoms with Gasteiger partial charge in [-0.05, 0) is 62.6 Å². The maximum Gasteiger partial charge on any atom is 0.243 e. The normalized spacial score (nSPS) is 12.5. The Morgan fingerprint density at radius 1 is 1.07 bits per heavy atom. The fourth-order valence-corrected chi connectivity index (χ4v) is 4.20. The number of benzene rings is 2. The smallest absolute Gasteiger partial charge is 0.243 e. The standard InChI is InChI=1S/C22H30N2O4S/c1-6-18-10-12-20(13-11-18)24(29(5,26)27)17(4)22(25)23-15-19-8-7-9-21(14-19)28-16(2)3/h7-14,16-17H,6,15H2,1-5H3,(H,23,25)/t17-/m0/s1. The van der Waals surface area contributed by atoms with Gasteiger partial charge in [-0.2, -0.15) is 0 Å². The van der Waals surface area contributed by atoms with Crippen molar-refractivity contribution >= 4 is 21.6 Å². The average molecular weight is 419 g/mol. The van der Waals surface area contributed by atoms with E-state index in [4.69, 9.17) is 4.74 Å². The minimum absolute atomic E-state index is 0.0577. The van der Waals surface area contributed by atoms with E-state index in [-0.39, 0.29) is 18.6 Å². The number of carbonyl (C=O) groups is 1. The van der Waals surface area contributed by atoms with Crippen molar-refractivity contribution in [1.82, 2.24) is 5.32 Å². The number of ether oxygens (including phenoxy) is 1. The van der Waals surface area contributed by atoms with Gasteiger partial charge in [-0.25, -0.2) is 8.42 Å². The number of nitrogens with zero attached hydrogens (tertiary/aromatic N) is 1. The largest absolute Gasteiger partial charge is 0.491 e. The van der Waals surface area contributed by atoms with Gasteiger partial charge in [0, 0.05) is 6.54 Å². The van der Waals surface area contributed by atoms with E-state index in [1.165, 1.54) is 0 Å². The Hall–Kier alpha value is -2.54. The highest BCUT2D eigenvalue weighted by Gasteiger charge is 2.28. The summed E-state index contributed by atoms with van der Waals surface area (Å²) in [5.41, 5.74) is 2.45. The zero-order valence-electron chi connectivity index (χ0n) is 17.7. The first-order valence-corrected chi connectivity index (χ1v) is 11.6. The number of amides is 1. The van der Waals surface area contributed by atoms with Crippen molar-refractivity contribution in [3.05, 3.63) is 59.7 Å². The van der Waals surface area contributed by atoms with E-state index in [0.29, 0.717) is 5.69 Å². The van der Waals surface area contributed by atoms with Crippen molar-refractivity contribution in [2.45, 2.75) is 52.8 Å². The van der Waals surface area contributed by atoms with E-state index >= 15 is 0 Å². The third-order valence-electron chi connectivity index (χ3n) is 4.42. The van der Waals surface area contributed by atoms with Crippen LogP contribution in [0, 0.1) is 0 Å². The van der Waals surface area contributed by atoms with Gasteiger partial charge in [-0.15, -0.1) is 0 Å². The van der Waals surface area contributed by atoms with Gasteiger partial charge in [0.1, 0.15) is 11.8 Å². The topological polar surface area (TPSA) is 75.7 Å². The lowest BCUT2D eigenvalue weighted by atomic mass is 10.1. The molecule has 0 heterocycles. The van der Waals surface area contributed by atoms with Gasteiger partial charge in [0.25, 0.3) is 0 Å². The summed E-state index contributed by atoms with van der Waals surface area (Å²) in [5.74, 6) is 0.360. The maximum atomic E-state index is 12.7. The minimum atomic E-state index is -3.63. The zero-order valence-corrected chi connectivity index (χ0v) is 18.5. The van der Waals surface area contributed by atoms with Gasteiger partial charge in [0.2, 0.25) is 15.9 Å². The second-order valence-corrected chi connectivity index (χ2v) is 9.15. The summed E-state index contributed by atoms with van der Waals surface area (Å²) < 4.78 is 31.6. The van der Waals surface area contributed by atoms with Crippen LogP contribution in [0.3, 0.4) is 0 Å². The first-order chi connectivity index (χ1) is 13.6. The lowest BCUT2D eigenvalue weighted by molar-refractivity contribution is -0.122. The Morgan fingerprint density at radius 2 is 1.72 bits per heavy atom. The first kappa shape index (κ1) is 22.7. The van der Waals surface area contributed by atoms with E-state index < -0.39 is 16.1 Å². The van der Waals surface area contributed by atoms with Gasteiger partial charge < -0.3 is 10.1 Å². The fourth-order valence-electron chi connectivity index (χ4n) is 3.03. The molecule has 0 saturated heterocycles. The Balaban J connectivity index is 2.13. The molecule has 2 rings (SSSR count). The molecule has 0 radical (unpaired) electrons. The summed E-state index contributed by atoms with van der Waals surface area (Å²) in [6.07, 6.45) is 2.02. The van der Waals surface area contributed by atoms with E-state index in [9.17, 15) is 13.2 Å². The number of sulfonamides is 1. The van der Waals surface area contributed by atoms with Crippen LogP contribution in [0.1, 0.15) is 38.8 Å². The van der Waals surface area contributed by atoms with Gasteiger partial charge in [0.15, 0.2) is 0 Å². The van der Waals surface area contributed by atoms with Crippen LogP contribution in [0.5, 0.6) is 5.75 Å². The summed E-state index contributed by atoms with van der Waals surface area (Å²) >= 11 is 0. The van der Waals surface area contributed by atoms with Crippen LogP contribution in [-0.4, -0.2) is 32.7 Å². The van der Waals surface area contributed by atoms with Gasteiger partial charge >= 0.3 is 0 Å². The third-order valence-corrected chi connectivity index (χ3v) is 5.67. The molecule has 6 nitrogen and oxygen atoms in total. The van der Waals surface area contributed by atoms with Crippen molar-refractivity contribution in [3.8, 4) is 5.75 Å². The average Bonchev–Trinajstić information content (AvgIpc) is 2.65. The number of aryl methyl sites for hydroxylation is 1. The molecule has 0 saturated carbocycles. The molecule has 0 fully saturated rings. The van der Waals surface area contributed by atoms with Gasteiger partial charge in [-0.1, -0.05) is 31.2 Å². The molecule has 7 heteroatoms. The predicted molar refractivity (Wildman–Crippen MR) is 117 cm³/mol. The second-order valence-electron chi connectivity index (χ2n) is 7.29. The minimum Gasteiger partial charge on any atom is -0.491 e. The van der Waals surface area contributed by atoms with Crippen molar-refractivity contribution < 1.29 is 17.9 Å². The van der Waals surface area contributed by atoms with E-state index in [2.05, 4.69) is 5.32 Å². The molecule has 0 bridgehead atoms. The third kappa shape index (κ3) is 6.49. The van der Waals surface area contributed by atoms with E-state index in [0.717, 1.165) is 33.9 Å². The second kappa shape index (κ2) is 9.78. The monoisotopic (exact) mass is 418 g/mol. The quantitative estimate of drug-likeness (QED) is 0.676. The molecule has 2 aromatic rings. The number of rotatable bonds is 9. The molecule has 1 atom stereocenters. The lowest BCUT2D eigenvalue weighted by Crippen LogP contribution is -2.47. The SMILES string of the molecule is CCc1ccc(N([C@@H](C)C(=O)NCc2cccc(OC(C)C)c2)S(C)(=O)=O)cc1. The molecule has 0 aliphatic carbocycles. The molecule has 0 aromatic heterocycles. The summed E-state index contributed by atoms with van der Waals surface area (Å²) in [6, 6.07) is 13.8. The molecule has 0 unspecified atom stereocenters. The molecular formula is C22H30N2O4S. The highest BCUT2D eigenvalue weighted by molar-refractivity contribution is 7.92. The van der Waals surface area contributed by atoms with Crippen LogP contribution in [0.15, 0.2) is 48.5 Å². The van der Waals surface area contributed by atoms with Gasteiger partial charge in [-0.3, -0.25) is 9.10 Å². The van der Waals surface area contributed by atoms with Crippen LogP contribution >= 0.6 is 0 Å². The molecule has 2 aromatic carbocycles. The Bertz CT molecular complexity index is 924. The summed E-state index contributed by atoms with van der Waals surface area (Å²) in [5, 5.41) is 2.82. The van der Waals surface area contributed by atoms with Crippen molar-refractivity contribution in [2.75, 3.05) is 10.6 Å². The number of hydrogen-bond acceptors (Lipinski definition) is 4. The van der Waals surface area contributed by atoms with Gasteiger partial charge in [0.05, 0.1) is 18.0 Å². The number of nitrogens with one attached hydrogen (secondary N) is 1. The van der Waals surface area contributed by atoms with Crippen molar-refractivity contribution in [1.29, 1.82) is 0 Å². The first-order valence-electron chi connectivity index (χ1n) is 9.73. The van der Waals surface area contributed by atoms with Crippen LogP contribution in [0.4, 0.5) is 5.69 Å². The fraction of sp³-hybridized carbons (Fsp3) is 0.409. The number of carbonyl (C=O) groups excluding carboxylic acids is 1. The summed E-state index contributed by atoms with van der Waals surface area (Å²) in [4.78, 5) is 12.7. The maximum absolute atomic E-state index is 12.7. The molecular weight excluding hydrogens is 388 g/mol. The highest BCUT2D eigenvalue weighted by Crippen LogP contribution is 2.22. The molecule has 0 aliphatic heterocycles.